The first-order valence-corrected chi connectivity index (χ1v) is 7.74. The first-order valence-electron chi connectivity index (χ1n) is 7.74. The molecule has 2 aromatic rings. The standard InChI is InChI=1S/C18H20N2O5/c1-4-25-15(21)10-20-18(23)16-17(22)11(2)14(9-19-16)12-6-5-7-13(8-12)24-3/h5-9,22H,4,10H2,1-3H3,(H,20,23). The average molecular weight is 344 g/mol. The Hall–Kier alpha value is -3.09. The van der Waals surface area contributed by atoms with E-state index in [1.165, 1.54) is 6.20 Å². The van der Waals surface area contributed by atoms with Gasteiger partial charge in [-0.25, -0.2) is 4.98 Å². The molecule has 0 bridgehead atoms. The van der Waals surface area contributed by atoms with Gasteiger partial charge in [0, 0.05) is 17.3 Å². The van der Waals surface area contributed by atoms with Crippen molar-refractivity contribution < 1.29 is 24.2 Å². The highest BCUT2D eigenvalue weighted by Gasteiger charge is 2.18. The number of ether oxygens (including phenoxy) is 2. The molecule has 2 rings (SSSR count). The summed E-state index contributed by atoms with van der Waals surface area (Å²) >= 11 is 0. The second-order valence-electron chi connectivity index (χ2n) is 5.21. The number of amides is 1. The van der Waals surface area contributed by atoms with Crippen LogP contribution in [-0.2, 0) is 9.53 Å². The number of hydrogen-bond acceptors (Lipinski definition) is 6. The Morgan fingerprint density at radius 2 is 2.08 bits per heavy atom. The van der Waals surface area contributed by atoms with Gasteiger partial charge in [-0.1, -0.05) is 12.1 Å². The maximum atomic E-state index is 12.1. The average Bonchev–Trinajstić information content (AvgIpc) is 2.62. The minimum Gasteiger partial charge on any atom is -0.505 e. The number of carbonyl (C=O) groups excluding carboxylic acids is 2. The molecule has 0 fully saturated rings. The fourth-order valence-corrected chi connectivity index (χ4v) is 2.29. The number of aromatic hydroxyl groups is 1. The summed E-state index contributed by atoms with van der Waals surface area (Å²) in [5.41, 5.74) is 1.84. The molecule has 2 N–H and O–H groups in total. The lowest BCUT2D eigenvalue weighted by atomic mass is 10.0. The first kappa shape index (κ1) is 18.3. The molecular formula is C18H20N2O5. The first-order chi connectivity index (χ1) is 12.0. The van der Waals surface area contributed by atoms with Crippen molar-refractivity contribution in [3.05, 3.63) is 41.7 Å². The zero-order valence-corrected chi connectivity index (χ0v) is 14.3. The van der Waals surface area contributed by atoms with E-state index in [0.717, 1.165) is 5.56 Å². The van der Waals surface area contributed by atoms with Crippen LogP contribution in [0, 0.1) is 6.92 Å². The van der Waals surface area contributed by atoms with E-state index >= 15 is 0 Å². The van der Waals surface area contributed by atoms with E-state index in [9.17, 15) is 14.7 Å². The van der Waals surface area contributed by atoms with Crippen LogP contribution in [0.5, 0.6) is 11.5 Å². The molecule has 0 radical (unpaired) electrons. The summed E-state index contributed by atoms with van der Waals surface area (Å²) in [6, 6.07) is 7.30. The van der Waals surface area contributed by atoms with Crippen LogP contribution in [0.4, 0.5) is 0 Å². The van der Waals surface area contributed by atoms with Gasteiger partial charge in [0.15, 0.2) is 5.69 Å². The van der Waals surface area contributed by atoms with E-state index in [2.05, 4.69) is 10.3 Å². The number of aromatic nitrogens is 1. The number of esters is 1. The molecule has 25 heavy (non-hydrogen) atoms. The van der Waals surface area contributed by atoms with E-state index in [0.29, 0.717) is 16.9 Å². The second-order valence-corrected chi connectivity index (χ2v) is 5.21. The smallest absolute Gasteiger partial charge is 0.325 e. The molecule has 0 aliphatic heterocycles. The maximum absolute atomic E-state index is 12.1. The van der Waals surface area contributed by atoms with Gasteiger partial charge in [-0.3, -0.25) is 9.59 Å². The summed E-state index contributed by atoms with van der Waals surface area (Å²) in [5.74, 6) is -0.764. The van der Waals surface area contributed by atoms with E-state index < -0.39 is 11.9 Å². The molecule has 0 aliphatic carbocycles. The van der Waals surface area contributed by atoms with E-state index in [4.69, 9.17) is 9.47 Å². The van der Waals surface area contributed by atoms with Crippen molar-refractivity contribution >= 4 is 11.9 Å². The SMILES string of the molecule is CCOC(=O)CNC(=O)c1ncc(-c2cccc(OC)c2)c(C)c1O. The Labute approximate surface area is 145 Å². The van der Waals surface area contributed by atoms with Gasteiger partial charge in [-0.2, -0.15) is 0 Å². The zero-order valence-electron chi connectivity index (χ0n) is 14.3. The number of methoxy groups -OCH3 is 1. The Kier molecular flexibility index (Phi) is 5.94. The van der Waals surface area contributed by atoms with E-state index in [-0.39, 0.29) is 24.6 Å². The molecule has 0 spiro atoms. The van der Waals surface area contributed by atoms with Gasteiger partial charge in [0.2, 0.25) is 0 Å². The highest BCUT2D eigenvalue weighted by atomic mass is 16.5. The van der Waals surface area contributed by atoms with Crippen molar-refractivity contribution in [3.8, 4) is 22.6 Å². The lowest BCUT2D eigenvalue weighted by molar-refractivity contribution is -0.141. The third kappa shape index (κ3) is 4.26. The summed E-state index contributed by atoms with van der Waals surface area (Å²) in [4.78, 5) is 27.5. The van der Waals surface area contributed by atoms with Crippen molar-refractivity contribution in [2.45, 2.75) is 13.8 Å². The maximum Gasteiger partial charge on any atom is 0.325 e. The fourth-order valence-electron chi connectivity index (χ4n) is 2.29. The number of rotatable bonds is 6. The number of pyridine rings is 1. The third-order valence-corrected chi connectivity index (χ3v) is 3.60. The van der Waals surface area contributed by atoms with Crippen LogP contribution in [0.3, 0.4) is 0 Å². The molecule has 1 amide bonds. The van der Waals surface area contributed by atoms with Crippen molar-refractivity contribution in [2.24, 2.45) is 0 Å². The van der Waals surface area contributed by atoms with Gasteiger partial charge in [-0.15, -0.1) is 0 Å². The quantitative estimate of drug-likeness (QED) is 0.779. The van der Waals surface area contributed by atoms with Crippen molar-refractivity contribution in [1.82, 2.24) is 10.3 Å². The predicted molar refractivity (Wildman–Crippen MR) is 91.6 cm³/mol. The van der Waals surface area contributed by atoms with Crippen LogP contribution in [0.1, 0.15) is 23.0 Å². The van der Waals surface area contributed by atoms with Crippen LogP contribution in [0.15, 0.2) is 30.5 Å². The Morgan fingerprint density at radius 1 is 1.32 bits per heavy atom. The van der Waals surface area contributed by atoms with Crippen LogP contribution in [0.2, 0.25) is 0 Å². The summed E-state index contributed by atoms with van der Waals surface area (Å²) < 4.78 is 9.92. The number of nitrogens with one attached hydrogen (secondary N) is 1. The van der Waals surface area contributed by atoms with Crippen LogP contribution < -0.4 is 10.1 Å². The van der Waals surface area contributed by atoms with E-state index in [1.54, 1.807) is 21.0 Å². The molecule has 7 heteroatoms. The lowest BCUT2D eigenvalue weighted by Gasteiger charge is -2.12. The largest absolute Gasteiger partial charge is 0.505 e. The lowest BCUT2D eigenvalue weighted by Crippen LogP contribution is -2.31. The van der Waals surface area contributed by atoms with Gasteiger partial charge in [-0.05, 0) is 31.5 Å². The van der Waals surface area contributed by atoms with Gasteiger partial charge in [0.25, 0.3) is 5.91 Å². The van der Waals surface area contributed by atoms with Crippen LogP contribution in [-0.4, -0.2) is 42.2 Å². The van der Waals surface area contributed by atoms with Gasteiger partial charge >= 0.3 is 5.97 Å². The number of hydrogen-bond donors (Lipinski definition) is 2. The van der Waals surface area contributed by atoms with Gasteiger partial charge in [0.1, 0.15) is 18.0 Å². The van der Waals surface area contributed by atoms with Crippen molar-refractivity contribution in [3.63, 3.8) is 0 Å². The molecule has 0 saturated carbocycles. The topological polar surface area (TPSA) is 97.8 Å². The molecule has 0 atom stereocenters. The zero-order chi connectivity index (χ0) is 18.4. The Morgan fingerprint density at radius 3 is 2.76 bits per heavy atom. The van der Waals surface area contributed by atoms with Crippen molar-refractivity contribution in [2.75, 3.05) is 20.3 Å². The number of carbonyl (C=O) groups is 2. The third-order valence-electron chi connectivity index (χ3n) is 3.60. The monoisotopic (exact) mass is 344 g/mol. The highest BCUT2D eigenvalue weighted by molar-refractivity contribution is 5.97. The van der Waals surface area contributed by atoms with Crippen molar-refractivity contribution in [1.29, 1.82) is 0 Å². The Bertz CT molecular complexity index is 789. The molecular weight excluding hydrogens is 324 g/mol. The van der Waals surface area contributed by atoms with Crippen LogP contribution in [0.25, 0.3) is 11.1 Å². The molecule has 0 saturated heterocycles. The van der Waals surface area contributed by atoms with Gasteiger partial charge in [0.05, 0.1) is 13.7 Å². The molecule has 132 valence electrons. The summed E-state index contributed by atoms with van der Waals surface area (Å²) in [7, 11) is 1.57. The fraction of sp³-hybridized carbons (Fsp3) is 0.278. The Balaban J connectivity index is 2.24. The molecule has 1 aromatic heterocycles. The summed E-state index contributed by atoms with van der Waals surface area (Å²) in [5, 5.41) is 12.7. The predicted octanol–water partition coefficient (Wildman–Crippen LogP) is 2.06. The number of benzene rings is 1. The summed E-state index contributed by atoms with van der Waals surface area (Å²) in [6.07, 6.45) is 1.50. The van der Waals surface area contributed by atoms with Gasteiger partial charge < -0.3 is 19.9 Å². The molecule has 1 heterocycles. The van der Waals surface area contributed by atoms with Crippen LogP contribution >= 0.6 is 0 Å². The minimum absolute atomic E-state index is 0.145. The molecule has 1 aromatic carbocycles. The molecule has 7 nitrogen and oxygen atoms in total. The molecule has 0 aliphatic rings. The van der Waals surface area contributed by atoms with E-state index in [1.807, 2.05) is 24.3 Å². The number of nitrogens with zero attached hydrogens (tertiary/aromatic N) is 1. The second kappa shape index (κ2) is 8.14. The normalized spacial score (nSPS) is 10.2. The minimum atomic E-state index is -0.647. The molecule has 0 unspecified atom stereocenters. The summed E-state index contributed by atoms with van der Waals surface area (Å²) in [6.45, 7) is 3.30. The highest BCUT2D eigenvalue weighted by Crippen LogP contribution is 2.32.